The van der Waals surface area contributed by atoms with E-state index in [1.165, 1.54) is 6.07 Å². The third kappa shape index (κ3) is 3.25. The summed E-state index contributed by atoms with van der Waals surface area (Å²) >= 11 is 17.5. The van der Waals surface area contributed by atoms with Crippen LogP contribution in [0.1, 0.15) is 17.1 Å². The van der Waals surface area contributed by atoms with E-state index in [1.54, 1.807) is 18.2 Å². The van der Waals surface area contributed by atoms with Gasteiger partial charge in [0.15, 0.2) is 0 Å². The lowest BCUT2D eigenvalue weighted by atomic mass is 10.1. The van der Waals surface area contributed by atoms with Crippen LogP contribution in [0.5, 0.6) is 0 Å². The van der Waals surface area contributed by atoms with Crippen molar-refractivity contribution < 1.29 is 0 Å². The van der Waals surface area contributed by atoms with Crippen molar-refractivity contribution in [2.75, 3.05) is 0 Å². The van der Waals surface area contributed by atoms with E-state index < -0.39 is 0 Å². The van der Waals surface area contributed by atoms with Gasteiger partial charge in [-0.05, 0) is 17.7 Å². The maximum Gasteiger partial charge on any atom is 0.251 e. The van der Waals surface area contributed by atoms with Crippen molar-refractivity contribution in [2.24, 2.45) is 0 Å². The topological polar surface area (TPSA) is 45.8 Å². The van der Waals surface area contributed by atoms with Crippen LogP contribution in [-0.4, -0.2) is 9.97 Å². The van der Waals surface area contributed by atoms with Crippen LogP contribution in [0.15, 0.2) is 29.1 Å². The summed E-state index contributed by atoms with van der Waals surface area (Å²) in [6, 6.07) is 6.58. The Hall–Kier alpha value is -1.03. The smallest absolute Gasteiger partial charge is 0.251 e. The molecule has 1 heterocycles. The number of nitrogens with one attached hydrogen (secondary N) is 1. The molecule has 1 aromatic heterocycles. The first kappa shape index (κ1) is 13.4. The van der Waals surface area contributed by atoms with Gasteiger partial charge in [-0.1, -0.05) is 29.3 Å². The van der Waals surface area contributed by atoms with E-state index in [0.29, 0.717) is 28.0 Å². The van der Waals surface area contributed by atoms with Crippen LogP contribution in [0.25, 0.3) is 0 Å². The lowest BCUT2D eigenvalue weighted by Crippen LogP contribution is -2.12. The molecule has 0 saturated heterocycles. The summed E-state index contributed by atoms with van der Waals surface area (Å²) in [5.74, 6) is 0.730. The van der Waals surface area contributed by atoms with Crippen molar-refractivity contribution in [3.63, 3.8) is 0 Å². The van der Waals surface area contributed by atoms with Gasteiger partial charge in [-0.2, -0.15) is 0 Å². The third-order valence-corrected chi connectivity index (χ3v) is 3.21. The number of H-pyrrole nitrogens is 1. The summed E-state index contributed by atoms with van der Waals surface area (Å²) in [6.07, 6.45) is 0.427. The molecule has 0 bridgehead atoms. The fourth-order valence-electron chi connectivity index (χ4n) is 1.56. The van der Waals surface area contributed by atoms with E-state index in [9.17, 15) is 4.79 Å². The fourth-order valence-corrected chi connectivity index (χ4v) is 2.17. The van der Waals surface area contributed by atoms with E-state index in [-0.39, 0.29) is 11.4 Å². The van der Waals surface area contributed by atoms with Crippen molar-refractivity contribution in [1.82, 2.24) is 9.97 Å². The standard InChI is InChI=1S/C12H9Cl3N2O/c13-6-9-5-12(18)17-11(16-9)3-7-1-2-8(14)4-10(7)15/h1-2,4-5H,3,6H2,(H,16,17,18). The van der Waals surface area contributed by atoms with Crippen molar-refractivity contribution in [2.45, 2.75) is 12.3 Å². The van der Waals surface area contributed by atoms with Gasteiger partial charge >= 0.3 is 0 Å². The molecule has 2 rings (SSSR count). The molecule has 94 valence electrons. The average molecular weight is 304 g/mol. The highest BCUT2D eigenvalue weighted by Gasteiger charge is 2.06. The minimum atomic E-state index is -0.222. The second kappa shape index (κ2) is 5.74. The Morgan fingerprint density at radius 3 is 2.67 bits per heavy atom. The van der Waals surface area contributed by atoms with Crippen molar-refractivity contribution >= 4 is 34.8 Å². The van der Waals surface area contributed by atoms with Crippen LogP contribution in [0.2, 0.25) is 10.0 Å². The molecule has 18 heavy (non-hydrogen) atoms. The zero-order chi connectivity index (χ0) is 13.1. The Bertz CT molecular complexity index is 625. The molecule has 0 fully saturated rings. The van der Waals surface area contributed by atoms with Gasteiger partial charge in [0.05, 0.1) is 11.6 Å². The average Bonchev–Trinajstić information content (AvgIpc) is 2.32. The molecule has 0 radical (unpaired) electrons. The van der Waals surface area contributed by atoms with Crippen LogP contribution in [0.4, 0.5) is 0 Å². The van der Waals surface area contributed by atoms with Crippen molar-refractivity contribution in [3.05, 3.63) is 61.7 Å². The number of aromatic nitrogens is 2. The number of aromatic amines is 1. The number of hydrogen-bond donors (Lipinski definition) is 1. The lowest BCUT2D eigenvalue weighted by Gasteiger charge is -2.05. The number of rotatable bonds is 3. The Balaban J connectivity index is 2.33. The number of benzene rings is 1. The molecule has 3 nitrogen and oxygen atoms in total. The van der Waals surface area contributed by atoms with Gasteiger partial charge in [-0.15, -0.1) is 11.6 Å². The monoisotopic (exact) mass is 302 g/mol. The highest BCUT2D eigenvalue weighted by molar-refractivity contribution is 6.35. The van der Waals surface area contributed by atoms with E-state index in [4.69, 9.17) is 34.8 Å². The van der Waals surface area contributed by atoms with E-state index >= 15 is 0 Å². The molecule has 0 atom stereocenters. The maximum atomic E-state index is 11.4. The van der Waals surface area contributed by atoms with E-state index in [2.05, 4.69) is 9.97 Å². The van der Waals surface area contributed by atoms with E-state index in [1.807, 2.05) is 0 Å². The zero-order valence-electron chi connectivity index (χ0n) is 9.21. The Labute approximate surface area is 119 Å². The van der Waals surface area contributed by atoms with Crippen LogP contribution >= 0.6 is 34.8 Å². The van der Waals surface area contributed by atoms with E-state index in [0.717, 1.165) is 5.56 Å². The third-order valence-electron chi connectivity index (χ3n) is 2.35. The van der Waals surface area contributed by atoms with Crippen LogP contribution in [-0.2, 0) is 12.3 Å². The minimum absolute atomic E-state index is 0.200. The molecule has 1 N–H and O–H groups in total. The molecule has 0 saturated carbocycles. The second-order valence-corrected chi connectivity index (χ2v) is 4.84. The normalized spacial score (nSPS) is 10.6. The second-order valence-electron chi connectivity index (χ2n) is 3.73. The van der Waals surface area contributed by atoms with Gasteiger partial charge in [-0.3, -0.25) is 4.79 Å². The molecule has 6 heteroatoms. The van der Waals surface area contributed by atoms with Crippen LogP contribution < -0.4 is 5.56 Å². The van der Waals surface area contributed by atoms with Gasteiger partial charge in [0.2, 0.25) is 0 Å². The number of hydrogen-bond acceptors (Lipinski definition) is 2. The number of alkyl halides is 1. The summed E-state index contributed by atoms with van der Waals surface area (Å²) in [5.41, 5.74) is 1.16. The first-order valence-corrected chi connectivity index (χ1v) is 6.46. The summed E-state index contributed by atoms with van der Waals surface area (Å²) in [6.45, 7) is 0. The molecular formula is C12H9Cl3N2O. The van der Waals surface area contributed by atoms with Gasteiger partial charge in [0.25, 0.3) is 5.56 Å². The highest BCUT2D eigenvalue weighted by Crippen LogP contribution is 2.22. The van der Waals surface area contributed by atoms with Crippen LogP contribution in [0.3, 0.4) is 0 Å². The Kier molecular flexibility index (Phi) is 4.27. The fraction of sp³-hybridized carbons (Fsp3) is 0.167. The molecule has 1 aromatic carbocycles. The molecule has 2 aromatic rings. The molecule has 0 spiro atoms. The molecular weight excluding hydrogens is 295 g/mol. The van der Waals surface area contributed by atoms with Gasteiger partial charge in [0.1, 0.15) is 5.82 Å². The van der Waals surface area contributed by atoms with Crippen LogP contribution in [0, 0.1) is 0 Å². The molecule has 0 aliphatic heterocycles. The largest absolute Gasteiger partial charge is 0.310 e. The molecule has 0 amide bonds. The predicted octanol–water partition coefficient (Wildman–Crippen LogP) is 3.41. The molecule has 0 aliphatic rings. The number of nitrogens with zero attached hydrogens (tertiary/aromatic N) is 1. The SMILES string of the molecule is O=c1cc(CCl)nc(Cc2ccc(Cl)cc2Cl)[nH]1. The maximum absolute atomic E-state index is 11.4. The van der Waals surface area contributed by atoms with Gasteiger partial charge < -0.3 is 4.98 Å². The lowest BCUT2D eigenvalue weighted by molar-refractivity contribution is 0.915. The quantitative estimate of drug-likeness (QED) is 0.883. The summed E-state index contributed by atoms with van der Waals surface area (Å²) in [4.78, 5) is 18.3. The first-order valence-electron chi connectivity index (χ1n) is 5.17. The van der Waals surface area contributed by atoms with Gasteiger partial charge in [-0.25, -0.2) is 4.98 Å². The summed E-state index contributed by atoms with van der Waals surface area (Å²) < 4.78 is 0. The Morgan fingerprint density at radius 2 is 2.00 bits per heavy atom. The zero-order valence-corrected chi connectivity index (χ0v) is 11.5. The first-order chi connectivity index (χ1) is 8.58. The summed E-state index contributed by atoms with van der Waals surface area (Å²) in [7, 11) is 0. The van der Waals surface area contributed by atoms with Crippen molar-refractivity contribution in [1.29, 1.82) is 0 Å². The molecule has 0 aliphatic carbocycles. The van der Waals surface area contributed by atoms with Gasteiger partial charge in [0, 0.05) is 22.5 Å². The summed E-state index contributed by atoms with van der Waals surface area (Å²) in [5, 5.41) is 1.11. The predicted molar refractivity (Wildman–Crippen MR) is 73.7 cm³/mol. The minimum Gasteiger partial charge on any atom is -0.310 e. The highest BCUT2D eigenvalue weighted by atomic mass is 35.5. The van der Waals surface area contributed by atoms with Crippen molar-refractivity contribution in [3.8, 4) is 0 Å². The number of halogens is 3. The Morgan fingerprint density at radius 1 is 1.22 bits per heavy atom. The molecule has 0 unspecified atom stereocenters.